The zero-order chi connectivity index (χ0) is 9.23. The van der Waals surface area contributed by atoms with Gasteiger partial charge in [-0.3, -0.25) is 0 Å². The maximum Gasteiger partial charge on any atom is -0.0282 e. The highest BCUT2D eigenvalue weighted by molar-refractivity contribution is 5.18. The smallest absolute Gasteiger partial charge is 0.0282 e. The Balaban J connectivity index is 3.86. The van der Waals surface area contributed by atoms with Crippen LogP contribution in [-0.4, -0.2) is 0 Å². The summed E-state index contributed by atoms with van der Waals surface area (Å²) in [5, 5.41) is 0. The standard InChI is InChI=1S/C12H22/c1-4-7-10-12(9-6-3)11-8-5-2/h7,9-10H,4-6,8,11H2,1-3H3/b10-7-,12-9+. The van der Waals surface area contributed by atoms with Crippen LogP contribution in [0.2, 0.25) is 0 Å². The van der Waals surface area contributed by atoms with Gasteiger partial charge < -0.3 is 0 Å². The van der Waals surface area contributed by atoms with Crippen molar-refractivity contribution in [2.75, 3.05) is 0 Å². The molecule has 0 saturated heterocycles. The summed E-state index contributed by atoms with van der Waals surface area (Å²) < 4.78 is 0. The van der Waals surface area contributed by atoms with Crippen molar-refractivity contribution in [2.45, 2.75) is 52.9 Å². The van der Waals surface area contributed by atoms with Gasteiger partial charge in [-0.1, -0.05) is 51.0 Å². The number of unbranched alkanes of at least 4 members (excludes halogenated alkanes) is 1. The Morgan fingerprint density at radius 3 is 2.33 bits per heavy atom. The van der Waals surface area contributed by atoms with Crippen LogP contribution in [0.5, 0.6) is 0 Å². The first-order valence-electron chi connectivity index (χ1n) is 5.20. The molecule has 0 unspecified atom stereocenters. The fraction of sp³-hybridized carbons (Fsp3) is 0.667. The normalized spacial score (nSPS) is 12.8. The number of hydrogen-bond acceptors (Lipinski definition) is 0. The summed E-state index contributed by atoms with van der Waals surface area (Å²) in [5.74, 6) is 0. The van der Waals surface area contributed by atoms with E-state index in [-0.39, 0.29) is 0 Å². The molecule has 0 amide bonds. The summed E-state index contributed by atoms with van der Waals surface area (Å²) in [7, 11) is 0. The van der Waals surface area contributed by atoms with E-state index in [4.69, 9.17) is 0 Å². The van der Waals surface area contributed by atoms with E-state index in [2.05, 4.69) is 39.0 Å². The molecule has 0 spiro atoms. The lowest BCUT2D eigenvalue weighted by atomic mass is 10.1. The summed E-state index contributed by atoms with van der Waals surface area (Å²) >= 11 is 0. The zero-order valence-electron chi connectivity index (χ0n) is 8.77. The molecule has 0 saturated carbocycles. The average molecular weight is 166 g/mol. The molecule has 0 aliphatic rings. The molecule has 0 radical (unpaired) electrons. The van der Waals surface area contributed by atoms with Gasteiger partial charge in [0.2, 0.25) is 0 Å². The molecule has 0 fully saturated rings. The van der Waals surface area contributed by atoms with E-state index in [0.29, 0.717) is 0 Å². The Hall–Kier alpha value is -0.520. The molecule has 0 aromatic rings. The van der Waals surface area contributed by atoms with E-state index in [1.165, 1.54) is 24.8 Å². The van der Waals surface area contributed by atoms with Crippen LogP contribution in [0.3, 0.4) is 0 Å². The second kappa shape index (κ2) is 8.58. The molecule has 0 aromatic heterocycles. The Kier molecular flexibility index (Phi) is 8.20. The minimum atomic E-state index is 1.15. The van der Waals surface area contributed by atoms with Crippen molar-refractivity contribution < 1.29 is 0 Å². The fourth-order valence-electron chi connectivity index (χ4n) is 1.17. The second-order valence-electron chi connectivity index (χ2n) is 3.10. The third-order valence-electron chi connectivity index (χ3n) is 1.85. The summed E-state index contributed by atoms with van der Waals surface area (Å²) in [6.07, 6.45) is 13.0. The van der Waals surface area contributed by atoms with Crippen LogP contribution in [0.4, 0.5) is 0 Å². The van der Waals surface area contributed by atoms with Gasteiger partial charge in [0.1, 0.15) is 0 Å². The van der Waals surface area contributed by atoms with Crippen LogP contribution < -0.4 is 0 Å². The maximum atomic E-state index is 2.34. The fourth-order valence-corrected chi connectivity index (χ4v) is 1.17. The number of hydrogen-bond donors (Lipinski definition) is 0. The Bertz CT molecular complexity index is 140. The quantitative estimate of drug-likeness (QED) is 0.510. The Labute approximate surface area is 77.4 Å². The van der Waals surface area contributed by atoms with Crippen molar-refractivity contribution in [2.24, 2.45) is 0 Å². The van der Waals surface area contributed by atoms with E-state index in [0.717, 1.165) is 12.8 Å². The Morgan fingerprint density at radius 2 is 1.83 bits per heavy atom. The molecule has 0 aliphatic heterocycles. The van der Waals surface area contributed by atoms with Crippen molar-refractivity contribution in [1.82, 2.24) is 0 Å². The summed E-state index contributed by atoms with van der Waals surface area (Å²) in [6.45, 7) is 6.62. The first kappa shape index (κ1) is 11.5. The molecular weight excluding hydrogens is 144 g/mol. The van der Waals surface area contributed by atoms with Crippen molar-refractivity contribution in [3.05, 3.63) is 23.8 Å². The molecule has 0 heteroatoms. The zero-order valence-corrected chi connectivity index (χ0v) is 8.77. The molecule has 0 aromatic carbocycles. The molecule has 0 aliphatic carbocycles. The van der Waals surface area contributed by atoms with Gasteiger partial charge in [0.25, 0.3) is 0 Å². The molecule has 12 heavy (non-hydrogen) atoms. The van der Waals surface area contributed by atoms with Gasteiger partial charge >= 0.3 is 0 Å². The molecule has 0 heterocycles. The highest BCUT2D eigenvalue weighted by Gasteiger charge is 1.89. The lowest BCUT2D eigenvalue weighted by Crippen LogP contribution is -1.79. The van der Waals surface area contributed by atoms with Gasteiger partial charge in [0.15, 0.2) is 0 Å². The van der Waals surface area contributed by atoms with Crippen LogP contribution >= 0.6 is 0 Å². The minimum Gasteiger partial charge on any atom is -0.0845 e. The SMILES string of the molecule is CC/C=C\C(=C/CC)CCCC. The monoisotopic (exact) mass is 166 g/mol. The highest BCUT2D eigenvalue weighted by Crippen LogP contribution is 2.10. The van der Waals surface area contributed by atoms with Crippen LogP contribution in [0.1, 0.15) is 52.9 Å². The minimum absolute atomic E-state index is 1.15. The highest BCUT2D eigenvalue weighted by atomic mass is 14.0. The van der Waals surface area contributed by atoms with Crippen molar-refractivity contribution >= 4 is 0 Å². The summed E-state index contributed by atoms with van der Waals surface area (Å²) in [5.41, 5.74) is 1.52. The van der Waals surface area contributed by atoms with Gasteiger partial charge in [-0.2, -0.15) is 0 Å². The van der Waals surface area contributed by atoms with Crippen molar-refractivity contribution in [3.8, 4) is 0 Å². The summed E-state index contributed by atoms with van der Waals surface area (Å²) in [4.78, 5) is 0. The molecule has 0 bridgehead atoms. The largest absolute Gasteiger partial charge is 0.0845 e. The van der Waals surface area contributed by atoms with Crippen LogP contribution in [0, 0.1) is 0 Å². The molecule has 0 nitrogen and oxygen atoms in total. The lowest BCUT2D eigenvalue weighted by Gasteiger charge is -1.99. The van der Waals surface area contributed by atoms with E-state index >= 15 is 0 Å². The summed E-state index contributed by atoms with van der Waals surface area (Å²) in [6, 6.07) is 0. The predicted molar refractivity (Wildman–Crippen MR) is 57.3 cm³/mol. The third-order valence-corrected chi connectivity index (χ3v) is 1.85. The van der Waals surface area contributed by atoms with Crippen molar-refractivity contribution in [3.63, 3.8) is 0 Å². The van der Waals surface area contributed by atoms with E-state index < -0.39 is 0 Å². The number of allylic oxidation sites excluding steroid dienone is 4. The molecular formula is C12H22. The van der Waals surface area contributed by atoms with Gasteiger partial charge in [0, 0.05) is 0 Å². The predicted octanol–water partition coefficient (Wildman–Crippen LogP) is 4.48. The van der Waals surface area contributed by atoms with Gasteiger partial charge in [-0.25, -0.2) is 0 Å². The van der Waals surface area contributed by atoms with Crippen LogP contribution in [0.15, 0.2) is 23.8 Å². The van der Waals surface area contributed by atoms with Crippen LogP contribution in [-0.2, 0) is 0 Å². The van der Waals surface area contributed by atoms with Crippen molar-refractivity contribution in [1.29, 1.82) is 0 Å². The number of rotatable bonds is 6. The van der Waals surface area contributed by atoms with E-state index in [1.807, 2.05) is 0 Å². The first-order chi connectivity index (χ1) is 5.85. The molecule has 0 atom stereocenters. The van der Waals surface area contributed by atoms with Gasteiger partial charge in [-0.05, 0) is 25.7 Å². The maximum absolute atomic E-state index is 2.34. The third kappa shape index (κ3) is 6.21. The second-order valence-corrected chi connectivity index (χ2v) is 3.10. The Morgan fingerprint density at radius 1 is 1.08 bits per heavy atom. The average Bonchev–Trinajstić information content (AvgIpc) is 2.10. The van der Waals surface area contributed by atoms with Gasteiger partial charge in [0.05, 0.1) is 0 Å². The molecule has 70 valence electrons. The van der Waals surface area contributed by atoms with E-state index in [9.17, 15) is 0 Å². The van der Waals surface area contributed by atoms with Crippen LogP contribution in [0.25, 0.3) is 0 Å². The first-order valence-corrected chi connectivity index (χ1v) is 5.20. The topological polar surface area (TPSA) is 0 Å². The molecule has 0 rings (SSSR count). The van der Waals surface area contributed by atoms with Gasteiger partial charge in [-0.15, -0.1) is 0 Å². The van der Waals surface area contributed by atoms with E-state index in [1.54, 1.807) is 0 Å². The lowest BCUT2D eigenvalue weighted by molar-refractivity contribution is 0.794. The molecule has 0 N–H and O–H groups in total.